The van der Waals surface area contributed by atoms with E-state index < -0.39 is 0 Å². The van der Waals surface area contributed by atoms with Crippen LogP contribution in [-0.4, -0.2) is 25.8 Å². The molecule has 2 heterocycles. The van der Waals surface area contributed by atoms with Gasteiger partial charge in [-0.2, -0.15) is 0 Å². The Bertz CT molecular complexity index is 302. The van der Waals surface area contributed by atoms with Gasteiger partial charge in [-0.15, -0.1) is 11.3 Å². The van der Waals surface area contributed by atoms with Crippen molar-refractivity contribution in [1.29, 1.82) is 0 Å². The molecular weight excluding hydrogens is 218 g/mol. The predicted molar refractivity (Wildman–Crippen MR) is 69.2 cm³/mol. The fourth-order valence-electron chi connectivity index (χ4n) is 2.10. The fraction of sp³-hybridized carbons (Fsp3) is 0.692. The average molecular weight is 239 g/mol. The Balaban J connectivity index is 1.76. The maximum absolute atomic E-state index is 5.60. The van der Waals surface area contributed by atoms with Crippen LogP contribution in [0.1, 0.15) is 31.6 Å². The molecule has 1 aromatic rings. The molecule has 0 aliphatic carbocycles. The molecule has 2 rings (SSSR count). The molecular formula is C13H21NOS. The zero-order valence-electron chi connectivity index (χ0n) is 10.2. The van der Waals surface area contributed by atoms with E-state index in [0.29, 0.717) is 6.10 Å². The second-order valence-electron chi connectivity index (χ2n) is 5.13. The minimum absolute atomic E-state index is 0.229. The lowest BCUT2D eigenvalue weighted by Crippen LogP contribution is -2.36. The topological polar surface area (TPSA) is 21.3 Å². The van der Waals surface area contributed by atoms with Crippen molar-refractivity contribution in [2.45, 2.75) is 38.2 Å². The zero-order chi connectivity index (χ0) is 11.4. The SMILES string of the molecule is CC(C)(CNCC1CCCO1)c1cccs1. The summed E-state index contributed by atoms with van der Waals surface area (Å²) in [6.07, 6.45) is 2.88. The Morgan fingerprint density at radius 1 is 1.56 bits per heavy atom. The first-order valence-electron chi connectivity index (χ1n) is 6.05. The minimum atomic E-state index is 0.229. The van der Waals surface area contributed by atoms with Gasteiger partial charge in [0.1, 0.15) is 0 Å². The largest absolute Gasteiger partial charge is 0.377 e. The number of hydrogen-bond donors (Lipinski definition) is 1. The maximum Gasteiger partial charge on any atom is 0.0700 e. The monoisotopic (exact) mass is 239 g/mol. The molecule has 0 radical (unpaired) electrons. The van der Waals surface area contributed by atoms with Crippen LogP contribution in [0.25, 0.3) is 0 Å². The van der Waals surface area contributed by atoms with Crippen molar-refractivity contribution in [3.8, 4) is 0 Å². The summed E-state index contributed by atoms with van der Waals surface area (Å²) in [5.41, 5.74) is 0.229. The summed E-state index contributed by atoms with van der Waals surface area (Å²) < 4.78 is 5.60. The molecule has 16 heavy (non-hydrogen) atoms. The van der Waals surface area contributed by atoms with Crippen LogP contribution in [0.4, 0.5) is 0 Å². The van der Waals surface area contributed by atoms with Gasteiger partial charge in [-0.1, -0.05) is 19.9 Å². The fourth-order valence-corrected chi connectivity index (χ4v) is 2.95. The molecule has 1 N–H and O–H groups in total. The van der Waals surface area contributed by atoms with E-state index in [1.807, 2.05) is 11.3 Å². The van der Waals surface area contributed by atoms with Crippen LogP contribution < -0.4 is 5.32 Å². The quantitative estimate of drug-likeness (QED) is 0.853. The van der Waals surface area contributed by atoms with E-state index in [0.717, 1.165) is 19.7 Å². The predicted octanol–water partition coefficient (Wildman–Crippen LogP) is 2.79. The van der Waals surface area contributed by atoms with Crippen LogP contribution in [0.2, 0.25) is 0 Å². The Labute approximate surface area is 102 Å². The molecule has 0 bridgehead atoms. The van der Waals surface area contributed by atoms with Crippen LogP contribution in [0.5, 0.6) is 0 Å². The highest BCUT2D eigenvalue weighted by atomic mass is 32.1. The van der Waals surface area contributed by atoms with Crippen LogP contribution in [0, 0.1) is 0 Å². The first-order valence-corrected chi connectivity index (χ1v) is 6.93. The summed E-state index contributed by atoms with van der Waals surface area (Å²) in [4.78, 5) is 1.45. The highest BCUT2D eigenvalue weighted by Crippen LogP contribution is 2.26. The van der Waals surface area contributed by atoms with Gasteiger partial charge in [0.05, 0.1) is 6.10 Å². The van der Waals surface area contributed by atoms with Gasteiger partial charge < -0.3 is 10.1 Å². The van der Waals surface area contributed by atoms with E-state index in [-0.39, 0.29) is 5.41 Å². The Hall–Kier alpha value is -0.380. The van der Waals surface area contributed by atoms with Crippen LogP contribution in [-0.2, 0) is 10.2 Å². The molecule has 1 fully saturated rings. The third-order valence-electron chi connectivity index (χ3n) is 3.15. The molecule has 90 valence electrons. The van der Waals surface area contributed by atoms with Gasteiger partial charge in [0, 0.05) is 30.0 Å². The Kier molecular flexibility index (Phi) is 4.00. The third-order valence-corrected chi connectivity index (χ3v) is 4.39. The first-order chi connectivity index (χ1) is 7.68. The van der Waals surface area contributed by atoms with Gasteiger partial charge in [0.2, 0.25) is 0 Å². The van der Waals surface area contributed by atoms with Crippen molar-refractivity contribution >= 4 is 11.3 Å². The van der Waals surface area contributed by atoms with E-state index >= 15 is 0 Å². The molecule has 1 saturated heterocycles. The standard InChI is InChI=1S/C13H21NOS/c1-13(2,12-6-4-8-16-12)10-14-9-11-5-3-7-15-11/h4,6,8,11,14H,3,5,7,9-10H2,1-2H3. The summed E-state index contributed by atoms with van der Waals surface area (Å²) >= 11 is 1.84. The van der Waals surface area contributed by atoms with Crippen LogP contribution in [0.3, 0.4) is 0 Å². The van der Waals surface area contributed by atoms with Crippen molar-refractivity contribution in [3.63, 3.8) is 0 Å². The lowest BCUT2D eigenvalue weighted by Gasteiger charge is -2.24. The van der Waals surface area contributed by atoms with Crippen LogP contribution in [0.15, 0.2) is 17.5 Å². The maximum atomic E-state index is 5.60. The molecule has 1 atom stereocenters. The van der Waals surface area contributed by atoms with Gasteiger partial charge in [-0.3, -0.25) is 0 Å². The summed E-state index contributed by atoms with van der Waals surface area (Å²) in [7, 11) is 0. The molecule has 1 aromatic heterocycles. The van der Waals surface area contributed by atoms with Gasteiger partial charge in [-0.25, -0.2) is 0 Å². The molecule has 0 saturated carbocycles. The van der Waals surface area contributed by atoms with Gasteiger partial charge in [0.15, 0.2) is 0 Å². The number of ether oxygens (including phenoxy) is 1. The number of rotatable bonds is 5. The van der Waals surface area contributed by atoms with Gasteiger partial charge in [-0.05, 0) is 24.3 Å². The van der Waals surface area contributed by atoms with Gasteiger partial charge in [0.25, 0.3) is 0 Å². The molecule has 0 aromatic carbocycles. The van der Waals surface area contributed by atoms with E-state index in [1.165, 1.54) is 17.7 Å². The molecule has 3 heteroatoms. The minimum Gasteiger partial charge on any atom is -0.377 e. The molecule has 2 nitrogen and oxygen atoms in total. The van der Waals surface area contributed by atoms with E-state index in [9.17, 15) is 0 Å². The zero-order valence-corrected chi connectivity index (χ0v) is 11.0. The Morgan fingerprint density at radius 2 is 2.44 bits per heavy atom. The highest BCUT2D eigenvalue weighted by Gasteiger charge is 2.22. The number of nitrogens with one attached hydrogen (secondary N) is 1. The van der Waals surface area contributed by atoms with Crippen LogP contribution >= 0.6 is 11.3 Å². The van der Waals surface area contributed by atoms with E-state index in [4.69, 9.17) is 4.74 Å². The third kappa shape index (κ3) is 3.06. The normalized spacial score (nSPS) is 21.5. The summed E-state index contributed by atoms with van der Waals surface area (Å²) in [5, 5.41) is 5.69. The molecule has 1 unspecified atom stereocenters. The highest BCUT2D eigenvalue weighted by molar-refractivity contribution is 7.10. The average Bonchev–Trinajstić information content (AvgIpc) is 2.90. The first kappa shape index (κ1) is 12.1. The molecule has 0 spiro atoms. The lowest BCUT2D eigenvalue weighted by molar-refractivity contribution is 0.109. The Morgan fingerprint density at radius 3 is 3.06 bits per heavy atom. The summed E-state index contributed by atoms with van der Waals surface area (Å²) in [6, 6.07) is 4.35. The van der Waals surface area contributed by atoms with E-state index in [1.54, 1.807) is 0 Å². The lowest BCUT2D eigenvalue weighted by atomic mass is 9.91. The van der Waals surface area contributed by atoms with Crippen molar-refractivity contribution < 1.29 is 4.74 Å². The number of hydrogen-bond acceptors (Lipinski definition) is 3. The van der Waals surface area contributed by atoms with Gasteiger partial charge >= 0.3 is 0 Å². The smallest absolute Gasteiger partial charge is 0.0700 e. The van der Waals surface area contributed by atoms with Crippen molar-refractivity contribution in [1.82, 2.24) is 5.32 Å². The summed E-state index contributed by atoms with van der Waals surface area (Å²) in [6.45, 7) is 7.55. The van der Waals surface area contributed by atoms with E-state index in [2.05, 4.69) is 36.7 Å². The molecule has 1 aliphatic heterocycles. The van der Waals surface area contributed by atoms with Crippen molar-refractivity contribution in [2.24, 2.45) is 0 Å². The molecule has 1 aliphatic rings. The second-order valence-corrected chi connectivity index (χ2v) is 6.07. The second kappa shape index (κ2) is 5.30. The summed E-state index contributed by atoms with van der Waals surface area (Å²) in [5.74, 6) is 0. The van der Waals surface area contributed by atoms with Crippen molar-refractivity contribution in [3.05, 3.63) is 22.4 Å². The van der Waals surface area contributed by atoms with Crippen molar-refractivity contribution in [2.75, 3.05) is 19.7 Å². The number of thiophene rings is 1. The molecule has 0 amide bonds.